The molecule has 0 fully saturated rings. The van der Waals surface area contributed by atoms with Crippen LogP contribution in [0.4, 0.5) is 0 Å². The van der Waals surface area contributed by atoms with E-state index in [1.54, 1.807) is 18.3 Å². The monoisotopic (exact) mass is 337 g/mol. The Labute approximate surface area is 147 Å². The van der Waals surface area contributed by atoms with Crippen LogP contribution < -0.4 is 0 Å². The summed E-state index contributed by atoms with van der Waals surface area (Å²) in [6.07, 6.45) is 3.60. The summed E-state index contributed by atoms with van der Waals surface area (Å²) in [5, 5.41) is 31.4. The number of aliphatic hydroxyl groups excluding tert-OH is 1. The van der Waals surface area contributed by atoms with Gasteiger partial charge in [-0.1, -0.05) is 24.3 Å². The summed E-state index contributed by atoms with van der Waals surface area (Å²) in [5.41, 5.74) is 3.57. The molecule has 0 saturated heterocycles. The molecule has 1 aliphatic rings. The quantitative estimate of drug-likeness (QED) is 0.736. The van der Waals surface area contributed by atoms with Crippen LogP contribution in [0.1, 0.15) is 31.7 Å². The largest absolute Gasteiger partial charge is 0.507 e. The van der Waals surface area contributed by atoms with E-state index in [0.717, 1.165) is 11.1 Å². The van der Waals surface area contributed by atoms with Gasteiger partial charge in [0.05, 0.1) is 11.8 Å². The second-order valence-corrected chi connectivity index (χ2v) is 6.78. The molecule has 0 spiro atoms. The zero-order chi connectivity index (χ0) is 18.1. The van der Waals surface area contributed by atoms with Crippen molar-refractivity contribution in [3.05, 3.63) is 65.9 Å². The van der Waals surface area contributed by atoms with E-state index in [4.69, 9.17) is 0 Å². The van der Waals surface area contributed by atoms with E-state index in [0.29, 0.717) is 23.2 Å². The number of benzene rings is 1. The second-order valence-electron chi connectivity index (χ2n) is 6.78. The Balaban J connectivity index is 2.09. The number of rotatable bonds is 3. The van der Waals surface area contributed by atoms with Gasteiger partial charge >= 0.3 is 0 Å². The molecular formula is C21H23NO3. The highest BCUT2D eigenvalue weighted by atomic mass is 16.3. The number of allylic oxidation sites excluding steroid dienone is 2. The lowest BCUT2D eigenvalue weighted by Crippen LogP contribution is -2.26. The van der Waals surface area contributed by atoms with E-state index in [1.807, 2.05) is 38.1 Å². The fourth-order valence-electron chi connectivity index (χ4n) is 3.52. The molecule has 130 valence electrons. The summed E-state index contributed by atoms with van der Waals surface area (Å²) >= 11 is 0. The number of aromatic nitrogens is 1. The number of nitrogens with zero attached hydrogens (tertiary/aromatic N) is 1. The van der Waals surface area contributed by atoms with Crippen LogP contribution in [0.15, 0.2) is 60.3 Å². The van der Waals surface area contributed by atoms with Gasteiger partial charge in [-0.25, -0.2) is 0 Å². The Morgan fingerprint density at radius 1 is 1.20 bits per heavy atom. The second kappa shape index (κ2) is 6.73. The van der Waals surface area contributed by atoms with Crippen molar-refractivity contribution >= 4 is 0 Å². The first-order valence-electron chi connectivity index (χ1n) is 8.37. The van der Waals surface area contributed by atoms with Gasteiger partial charge in [-0.3, -0.25) is 4.98 Å². The molecule has 4 nitrogen and oxygen atoms in total. The minimum Gasteiger partial charge on any atom is -0.507 e. The van der Waals surface area contributed by atoms with Crippen LogP contribution in [0, 0.1) is 5.92 Å². The molecule has 0 saturated carbocycles. The first-order chi connectivity index (χ1) is 11.9. The number of phenols is 2. The minimum absolute atomic E-state index is 0.0253. The molecule has 3 unspecified atom stereocenters. The summed E-state index contributed by atoms with van der Waals surface area (Å²) < 4.78 is 0. The maximum atomic E-state index is 10.6. The van der Waals surface area contributed by atoms with Crippen LogP contribution in [0.5, 0.6) is 11.5 Å². The van der Waals surface area contributed by atoms with Crippen molar-refractivity contribution in [2.45, 2.75) is 32.3 Å². The molecule has 4 heteroatoms. The Kier molecular flexibility index (Phi) is 4.64. The fourth-order valence-corrected chi connectivity index (χ4v) is 3.52. The lowest BCUT2D eigenvalue weighted by atomic mass is 9.72. The Bertz CT molecular complexity index is 803. The summed E-state index contributed by atoms with van der Waals surface area (Å²) in [6, 6.07) is 8.75. The average molecular weight is 337 g/mol. The third kappa shape index (κ3) is 3.30. The van der Waals surface area contributed by atoms with E-state index in [1.165, 1.54) is 0 Å². The third-order valence-corrected chi connectivity index (χ3v) is 4.94. The number of hydrogen-bond donors (Lipinski definition) is 3. The van der Waals surface area contributed by atoms with Crippen molar-refractivity contribution in [3.8, 4) is 22.8 Å². The van der Waals surface area contributed by atoms with Gasteiger partial charge in [-0.15, -0.1) is 0 Å². The van der Waals surface area contributed by atoms with Crippen LogP contribution in [0.2, 0.25) is 0 Å². The molecule has 0 bridgehead atoms. The van der Waals surface area contributed by atoms with E-state index in [9.17, 15) is 15.3 Å². The maximum absolute atomic E-state index is 10.6. The number of hydrogen-bond acceptors (Lipinski definition) is 4. The molecule has 0 aliphatic heterocycles. The first-order valence-corrected chi connectivity index (χ1v) is 8.37. The minimum atomic E-state index is -0.518. The summed E-state index contributed by atoms with van der Waals surface area (Å²) in [4.78, 5) is 4.26. The molecule has 3 N–H and O–H groups in total. The van der Waals surface area contributed by atoms with Crippen molar-refractivity contribution in [2.24, 2.45) is 5.92 Å². The molecule has 2 aromatic rings. The number of pyridine rings is 1. The SMILES string of the molecule is C=C(C)C1CC(O)C(C)=CC1c1c(O)cc(-c2ccccn2)cc1O. The third-order valence-electron chi connectivity index (χ3n) is 4.94. The van der Waals surface area contributed by atoms with Crippen molar-refractivity contribution in [1.29, 1.82) is 0 Å². The van der Waals surface area contributed by atoms with E-state index < -0.39 is 6.10 Å². The Hall–Kier alpha value is -2.59. The maximum Gasteiger partial charge on any atom is 0.123 e. The van der Waals surface area contributed by atoms with Gasteiger partial charge in [0.25, 0.3) is 0 Å². The van der Waals surface area contributed by atoms with Gasteiger partial charge < -0.3 is 15.3 Å². The highest BCUT2D eigenvalue weighted by Crippen LogP contribution is 2.47. The number of phenolic OH excluding ortho intramolecular Hbond substituents is 2. The zero-order valence-corrected chi connectivity index (χ0v) is 14.5. The smallest absolute Gasteiger partial charge is 0.123 e. The predicted molar refractivity (Wildman–Crippen MR) is 98.4 cm³/mol. The standard InChI is InChI=1S/C21H23NO3/c1-12(2)15-11-18(23)13(3)8-16(15)21-19(24)9-14(10-20(21)25)17-6-4-5-7-22-17/h4-10,15-16,18,23-25H,1,11H2,2-3H3. The van der Waals surface area contributed by atoms with Gasteiger partial charge in [0.2, 0.25) is 0 Å². The predicted octanol–water partition coefficient (Wildman–Crippen LogP) is 4.15. The number of aromatic hydroxyl groups is 2. The molecule has 0 amide bonds. The van der Waals surface area contributed by atoms with Gasteiger partial charge in [-0.05, 0) is 56.0 Å². The summed E-state index contributed by atoms with van der Waals surface area (Å²) in [6.45, 7) is 7.80. The van der Waals surface area contributed by atoms with Crippen LogP contribution in [0.3, 0.4) is 0 Å². The summed E-state index contributed by atoms with van der Waals surface area (Å²) in [5.74, 6) is -0.218. The van der Waals surface area contributed by atoms with Gasteiger partial charge in [0, 0.05) is 23.2 Å². The van der Waals surface area contributed by atoms with Gasteiger partial charge in [0.1, 0.15) is 11.5 Å². The molecule has 3 atom stereocenters. The molecule has 1 aromatic carbocycles. The molecule has 25 heavy (non-hydrogen) atoms. The van der Waals surface area contributed by atoms with Gasteiger partial charge in [-0.2, -0.15) is 0 Å². The lowest BCUT2D eigenvalue weighted by Gasteiger charge is -2.34. The Morgan fingerprint density at radius 2 is 1.88 bits per heavy atom. The normalized spacial score (nSPS) is 23.2. The molecule has 1 aromatic heterocycles. The topological polar surface area (TPSA) is 73.6 Å². The lowest BCUT2D eigenvalue weighted by molar-refractivity contribution is 0.168. The number of aliphatic hydroxyl groups is 1. The first kappa shape index (κ1) is 17.2. The van der Waals surface area contributed by atoms with Crippen LogP contribution in [-0.4, -0.2) is 26.4 Å². The highest BCUT2D eigenvalue weighted by Gasteiger charge is 2.33. The van der Waals surface area contributed by atoms with Crippen molar-refractivity contribution in [3.63, 3.8) is 0 Å². The van der Waals surface area contributed by atoms with E-state index >= 15 is 0 Å². The highest BCUT2D eigenvalue weighted by molar-refractivity contribution is 5.67. The molecule has 0 radical (unpaired) electrons. The molecule has 3 rings (SSSR count). The zero-order valence-electron chi connectivity index (χ0n) is 14.5. The van der Waals surface area contributed by atoms with Crippen LogP contribution >= 0.6 is 0 Å². The average Bonchev–Trinajstić information content (AvgIpc) is 2.57. The van der Waals surface area contributed by atoms with E-state index in [2.05, 4.69) is 11.6 Å². The van der Waals surface area contributed by atoms with Crippen molar-refractivity contribution < 1.29 is 15.3 Å². The molecular weight excluding hydrogens is 314 g/mol. The van der Waals surface area contributed by atoms with Crippen LogP contribution in [0.25, 0.3) is 11.3 Å². The van der Waals surface area contributed by atoms with Crippen molar-refractivity contribution in [2.75, 3.05) is 0 Å². The fraction of sp³-hybridized carbons (Fsp3) is 0.286. The summed E-state index contributed by atoms with van der Waals surface area (Å²) in [7, 11) is 0. The molecule has 1 heterocycles. The van der Waals surface area contributed by atoms with Crippen LogP contribution in [-0.2, 0) is 0 Å². The van der Waals surface area contributed by atoms with E-state index in [-0.39, 0.29) is 23.3 Å². The van der Waals surface area contributed by atoms with Gasteiger partial charge in [0.15, 0.2) is 0 Å². The van der Waals surface area contributed by atoms with Crippen molar-refractivity contribution in [1.82, 2.24) is 4.98 Å². The molecule has 1 aliphatic carbocycles. The Morgan fingerprint density at radius 3 is 2.44 bits per heavy atom.